The number of hydrogen-bond donors (Lipinski definition) is 1. The van der Waals surface area contributed by atoms with E-state index in [0.29, 0.717) is 24.7 Å². The Morgan fingerprint density at radius 3 is 2.59 bits per heavy atom. The second kappa shape index (κ2) is 9.47. The quantitative estimate of drug-likeness (QED) is 0.240. The summed E-state index contributed by atoms with van der Waals surface area (Å²) >= 11 is 0. The van der Waals surface area contributed by atoms with Crippen LogP contribution in [0.15, 0.2) is 47.6 Å². The van der Waals surface area contributed by atoms with Gasteiger partial charge >= 0.3 is 17.9 Å². The molecule has 2 rings (SSSR count). The van der Waals surface area contributed by atoms with Gasteiger partial charge < -0.3 is 19.3 Å². The molecule has 1 saturated heterocycles. The van der Waals surface area contributed by atoms with Crippen molar-refractivity contribution in [3.63, 3.8) is 0 Å². The lowest BCUT2D eigenvalue weighted by Gasteiger charge is -2.33. The lowest BCUT2D eigenvalue weighted by molar-refractivity contribution is -0.166. The van der Waals surface area contributed by atoms with E-state index in [1.54, 1.807) is 12.2 Å². The van der Waals surface area contributed by atoms with E-state index in [4.69, 9.17) is 14.2 Å². The Balaban J connectivity index is 2.65. The van der Waals surface area contributed by atoms with E-state index in [2.05, 4.69) is 13.2 Å². The summed E-state index contributed by atoms with van der Waals surface area (Å²) in [4.78, 5) is 48.0. The summed E-state index contributed by atoms with van der Waals surface area (Å²) in [5.41, 5.74) is 0.745. The number of aliphatic hydroxyl groups is 1. The number of allylic oxidation sites excluding steroid dienone is 1. The monoisotopic (exact) mass is 404 g/mol. The maximum Gasteiger partial charge on any atom is 0.334 e. The average Bonchev–Trinajstić information content (AvgIpc) is 2.93. The van der Waals surface area contributed by atoms with Crippen LogP contribution in [0.2, 0.25) is 0 Å². The highest BCUT2D eigenvalue weighted by Gasteiger charge is 2.49. The lowest BCUT2D eigenvalue weighted by atomic mass is 9.83. The summed E-state index contributed by atoms with van der Waals surface area (Å²) in [5.74, 6) is -3.12. The molecule has 0 aromatic carbocycles. The zero-order valence-corrected chi connectivity index (χ0v) is 16.4. The van der Waals surface area contributed by atoms with E-state index in [1.165, 1.54) is 6.92 Å². The maximum atomic E-state index is 12.3. The standard InChI is InChI=1S/C21H24O8/c1-11(2)20(25)29-19-17-12(3)21(26)28-16(17)8-14(9-22)6-5-7-15(10-23)18(19)27-13(4)24/h7-8,10,16-19,22H,1,3,5-6,9H2,2,4H3/t16-,17+,18+,19+/m1/s1. The van der Waals surface area contributed by atoms with Crippen molar-refractivity contribution < 1.29 is 38.5 Å². The molecule has 0 radical (unpaired) electrons. The molecule has 1 aliphatic carbocycles. The van der Waals surface area contributed by atoms with E-state index in [0.717, 1.165) is 6.92 Å². The summed E-state index contributed by atoms with van der Waals surface area (Å²) in [5, 5.41) is 9.61. The number of carbonyl (C=O) groups is 4. The van der Waals surface area contributed by atoms with Crippen LogP contribution in [0.3, 0.4) is 0 Å². The van der Waals surface area contributed by atoms with Gasteiger partial charge in [-0.05, 0) is 31.4 Å². The Morgan fingerprint density at radius 2 is 2.03 bits per heavy atom. The van der Waals surface area contributed by atoms with Crippen molar-refractivity contribution >= 4 is 24.2 Å². The molecule has 0 unspecified atom stereocenters. The molecule has 0 aromatic rings. The third-order valence-corrected chi connectivity index (χ3v) is 4.71. The van der Waals surface area contributed by atoms with E-state index in [-0.39, 0.29) is 23.3 Å². The fraction of sp³-hybridized carbons (Fsp3) is 0.429. The highest BCUT2D eigenvalue weighted by Crippen LogP contribution is 2.37. The second-order valence-electron chi connectivity index (χ2n) is 6.94. The Bertz CT molecular complexity index is 803. The van der Waals surface area contributed by atoms with Crippen LogP contribution >= 0.6 is 0 Å². The normalized spacial score (nSPS) is 27.0. The molecule has 8 heteroatoms. The van der Waals surface area contributed by atoms with Gasteiger partial charge in [-0.25, -0.2) is 9.59 Å². The zero-order chi connectivity index (χ0) is 21.7. The van der Waals surface area contributed by atoms with Gasteiger partial charge in [0.25, 0.3) is 0 Å². The van der Waals surface area contributed by atoms with Gasteiger partial charge in [0.2, 0.25) is 0 Å². The van der Waals surface area contributed by atoms with E-state index in [9.17, 15) is 24.3 Å². The molecule has 0 spiro atoms. The van der Waals surface area contributed by atoms with Crippen LogP contribution < -0.4 is 0 Å². The molecule has 2 aliphatic rings. The molecule has 0 amide bonds. The predicted molar refractivity (Wildman–Crippen MR) is 101 cm³/mol. The highest BCUT2D eigenvalue weighted by molar-refractivity contribution is 5.92. The topological polar surface area (TPSA) is 116 Å². The van der Waals surface area contributed by atoms with Gasteiger partial charge in [0, 0.05) is 23.6 Å². The first-order chi connectivity index (χ1) is 13.7. The van der Waals surface area contributed by atoms with Crippen LogP contribution in [0.5, 0.6) is 0 Å². The highest BCUT2D eigenvalue weighted by atomic mass is 16.6. The van der Waals surface area contributed by atoms with Crippen LogP contribution in [0.1, 0.15) is 26.7 Å². The third-order valence-electron chi connectivity index (χ3n) is 4.71. The summed E-state index contributed by atoms with van der Waals surface area (Å²) in [6.07, 6.45) is 0.932. The minimum Gasteiger partial charge on any atom is -0.454 e. The number of esters is 3. The number of aliphatic hydroxyl groups excluding tert-OH is 1. The SMILES string of the molecule is C=C(C)C(=O)O[C@H]1[C@H]2C(=C)C(=O)O[C@@H]2C=C(CO)CCC=C(C=O)[C@@H]1OC(C)=O. The van der Waals surface area contributed by atoms with Gasteiger partial charge in [-0.3, -0.25) is 9.59 Å². The Hall–Kier alpha value is -3.00. The van der Waals surface area contributed by atoms with Gasteiger partial charge in [-0.15, -0.1) is 0 Å². The molecule has 1 N–H and O–H groups in total. The van der Waals surface area contributed by atoms with Crippen molar-refractivity contribution in [2.24, 2.45) is 5.92 Å². The number of carbonyl (C=O) groups excluding carboxylic acids is 4. The molecule has 1 heterocycles. The van der Waals surface area contributed by atoms with E-state index >= 15 is 0 Å². The van der Waals surface area contributed by atoms with Crippen molar-refractivity contribution in [2.75, 3.05) is 6.61 Å². The zero-order valence-electron chi connectivity index (χ0n) is 16.4. The van der Waals surface area contributed by atoms with Gasteiger partial charge in [-0.2, -0.15) is 0 Å². The van der Waals surface area contributed by atoms with Crippen LogP contribution in [-0.4, -0.2) is 54.2 Å². The predicted octanol–water partition coefficient (Wildman–Crippen LogP) is 1.34. The molecule has 1 fully saturated rings. The van der Waals surface area contributed by atoms with Crippen molar-refractivity contribution in [2.45, 2.75) is 45.0 Å². The van der Waals surface area contributed by atoms with Crippen LogP contribution in [0.25, 0.3) is 0 Å². The Morgan fingerprint density at radius 1 is 1.34 bits per heavy atom. The molecule has 156 valence electrons. The summed E-state index contributed by atoms with van der Waals surface area (Å²) in [6.45, 7) is 9.59. The van der Waals surface area contributed by atoms with E-state index in [1.807, 2.05) is 0 Å². The average molecular weight is 404 g/mol. The smallest absolute Gasteiger partial charge is 0.334 e. The molecule has 4 atom stereocenters. The summed E-state index contributed by atoms with van der Waals surface area (Å²) in [6, 6.07) is 0. The largest absolute Gasteiger partial charge is 0.454 e. The van der Waals surface area contributed by atoms with Crippen molar-refractivity contribution in [1.29, 1.82) is 0 Å². The number of ether oxygens (including phenoxy) is 3. The molecule has 8 nitrogen and oxygen atoms in total. The summed E-state index contributed by atoms with van der Waals surface area (Å²) < 4.78 is 16.2. The summed E-state index contributed by atoms with van der Waals surface area (Å²) in [7, 11) is 0. The third kappa shape index (κ3) is 5.08. The molecule has 0 bridgehead atoms. The fourth-order valence-corrected chi connectivity index (χ4v) is 3.28. The Kier molecular flexibility index (Phi) is 7.28. The first kappa shape index (κ1) is 22.3. The van der Waals surface area contributed by atoms with Gasteiger partial charge in [-0.1, -0.05) is 19.2 Å². The van der Waals surface area contributed by atoms with Crippen LogP contribution in [-0.2, 0) is 33.4 Å². The van der Waals surface area contributed by atoms with E-state index < -0.39 is 42.1 Å². The first-order valence-corrected chi connectivity index (χ1v) is 9.08. The molecular formula is C21H24O8. The minimum absolute atomic E-state index is 0.00558. The number of aldehydes is 1. The Labute approximate surface area is 168 Å². The van der Waals surface area contributed by atoms with Gasteiger partial charge in [0.1, 0.15) is 12.4 Å². The second-order valence-corrected chi connectivity index (χ2v) is 6.94. The fourth-order valence-electron chi connectivity index (χ4n) is 3.28. The van der Waals surface area contributed by atoms with Crippen molar-refractivity contribution in [1.82, 2.24) is 0 Å². The molecule has 29 heavy (non-hydrogen) atoms. The van der Waals surface area contributed by atoms with Crippen molar-refractivity contribution in [3.8, 4) is 0 Å². The minimum atomic E-state index is -1.27. The van der Waals surface area contributed by atoms with Crippen LogP contribution in [0.4, 0.5) is 0 Å². The molecule has 0 saturated carbocycles. The number of hydrogen-bond acceptors (Lipinski definition) is 8. The molecule has 1 aliphatic heterocycles. The number of rotatable bonds is 5. The van der Waals surface area contributed by atoms with Gasteiger partial charge in [0.05, 0.1) is 12.5 Å². The number of fused-ring (bicyclic) bond motifs is 1. The van der Waals surface area contributed by atoms with Crippen molar-refractivity contribution in [3.05, 3.63) is 47.6 Å². The van der Waals surface area contributed by atoms with Gasteiger partial charge in [0.15, 0.2) is 12.2 Å². The molecular weight excluding hydrogens is 380 g/mol. The van der Waals surface area contributed by atoms with Crippen LogP contribution in [0, 0.1) is 5.92 Å². The molecule has 0 aromatic heterocycles. The lowest BCUT2D eigenvalue weighted by Crippen LogP contribution is -2.45. The maximum absolute atomic E-state index is 12.3. The first-order valence-electron chi connectivity index (χ1n) is 9.08.